The highest BCUT2D eigenvalue weighted by Gasteiger charge is 2.54. The molecule has 7 nitrogen and oxygen atoms in total. The molecule has 1 saturated carbocycles. The zero-order valence-corrected chi connectivity index (χ0v) is 18.7. The molecular weight excluding hydrogens is 431 g/mol. The number of carbonyl (C=O) groups is 1. The van der Waals surface area contributed by atoms with Crippen molar-refractivity contribution in [1.82, 2.24) is 4.90 Å². The van der Waals surface area contributed by atoms with Crippen LogP contribution in [0.4, 0.5) is 15.8 Å². The number of rotatable bonds is 5. The lowest BCUT2D eigenvalue weighted by atomic mass is 9.80. The van der Waals surface area contributed by atoms with Crippen LogP contribution in [0, 0.1) is 11.7 Å². The van der Waals surface area contributed by atoms with Gasteiger partial charge in [-0.3, -0.25) is 4.79 Å². The Balaban J connectivity index is 1.72. The molecule has 1 aliphatic heterocycles. The molecule has 4 rings (SSSR count). The van der Waals surface area contributed by atoms with Gasteiger partial charge in [-0.15, -0.1) is 0 Å². The summed E-state index contributed by atoms with van der Waals surface area (Å²) in [5.74, 6) is -1.43. The smallest absolute Gasteiger partial charge is 0.221 e. The largest absolute Gasteiger partial charge is 0.390 e. The van der Waals surface area contributed by atoms with E-state index in [2.05, 4.69) is 0 Å². The molecule has 0 aromatic heterocycles. The van der Waals surface area contributed by atoms with Crippen LogP contribution < -0.4 is 10.6 Å². The summed E-state index contributed by atoms with van der Waals surface area (Å²) in [6, 6.07) is 13.3. The minimum atomic E-state index is -1.07. The predicted molar refractivity (Wildman–Crippen MR) is 124 cm³/mol. The molecule has 0 unspecified atom stereocenters. The molecule has 0 radical (unpaired) electrons. The van der Waals surface area contributed by atoms with Crippen LogP contribution in [0.15, 0.2) is 53.5 Å². The number of benzene rings is 2. The number of thioether (sulfide) groups is 1. The van der Waals surface area contributed by atoms with E-state index in [4.69, 9.17) is 10.7 Å². The van der Waals surface area contributed by atoms with E-state index in [0.717, 1.165) is 16.9 Å². The topological polar surface area (TPSA) is 102 Å². The number of aliphatic hydroxyl groups excluding tert-OH is 2. The van der Waals surface area contributed by atoms with Gasteiger partial charge in [-0.1, -0.05) is 23.9 Å². The fourth-order valence-corrected chi connectivity index (χ4v) is 5.87. The summed E-state index contributed by atoms with van der Waals surface area (Å²) in [5.41, 5.74) is 8.23. The van der Waals surface area contributed by atoms with E-state index in [-0.39, 0.29) is 17.5 Å². The molecule has 2 aromatic rings. The summed E-state index contributed by atoms with van der Waals surface area (Å²) < 4.78 is 13.4. The van der Waals surface area contributed by atoms with Gasteiger partial charge in [-0.25, -0.2) is 9.38 Å². The van der Waals surface area contributed by atoms with Crippen LogP contribution in [0.2, 0.25) is 0 Å². The number of nitrogens with two attached hydrogens (primary N) is 1. The average Bonchev–Trinajstić information content (AvgIpc) is 3.10. The monoisotopic (exact) mass is 458 g/mol. The third-order valence-electron chi connectivity index (χ3n) is 6.04. The number of fused-ring (bicyclic) bond motifs is 1. The fourth-order valence-electron chi connectivity index (χ4n) is 4.29. The molecule has 0 spiro atoms. The van der Waals surface area contributed by atoms with Crippen LogP contribution in [0.3, 0.4) is 0 Å². The van der Waals surface area contributed by atoms with Crippen molar-refractivity contribution in [3.63, 3.8) is 0 Å². The number of carbonyl (C=O) groups excluding carboxylic acids is 1. The molecule has 2 fully saturated rings. The number of aliphatic imine (C=N–C) groups is 1. The maximum atomic E-state index is 13.4. The van der Waals surface area contributed by atoms with E-state index in [9.17, 15) is 19.4 Å². The van der Waals surface area contributed by atoms with Gasteiger partial charge >= 0.3 is 0 Å². The van der Waals surface area contributed by atoms with Crippen molar-refractivity contribution in [2.75, 3.05) is 19.0 Å². The van der Waals surface area contributed by atoms with Crippen molar-refractivity contribution in [3.05, 3.63) is 59.9 Å². The Kier molecular flexibility index (Phi) is 6.41. The van der Waals surface area contributed by atoms with Crippen molar-refractivity contribution in [2.24, 2.45) is 16.6 Å². The SMILES string of the molecule is CN(C)c1ccc(N=C2S[C@H]3[C@H]([C@@H](O)[C@H](O)C[C@@H]3C(N)=O)N2Cc2ccc(F)cc2)cc1. The first-order valence-corrected chi connectivity index (χ1v) is 11.3. The first kappa shape index (κ1) is 22.6. The highest BCUT2D eigenvalue weighted by molar-refractivity contribution is 8.14. The van der Waals surface area contributed by atoms with Gasteiger partial charge in [0.1, 0.15) is 11.9 Å². The number of halogens is 1. The molecule has 2 aromatic carbocycles. The average molecular weight is 459 g/mol. The van der Waals surface area contributed by atoms with Crippen LogP contribution in [0.1, 0.15) is 12.0 Å². The highest BCUT2D eigenvalue weighted by Crippen LogP contribution is 2.45. The third kappa shape index (κ3) is 4.46. The molecule has 1 amide bonds. The van der Waals surface area contributed by atoms with Gasteiger partial charge < -0.3 is 25.7 Å². The van der Waals surface area contributed by atoms with E-state index in [1.165, 1.54) is 23.9 Å². The molecule has 1 heterocycles. The van der Waals surface area contributed by atoms with Crippen LogP contribution in [0.5, 0.6) is 0 Å². The second-order valence-corrected chi connectivity index (χ2v) is 9.58. The number of primary amides is 1. The van der Waals surface area contributed by atoms with E-state index in [1.54, 1.807) is 12.1 Å². The van der Waals surface area contributed by atoms with Crippen molar-refractivity contribution in [2.45, 2.75) is 36.5 Å². The van der Waals surface area contributed by atoms with Gasteiger partial charge in [-0.05, 0) is 48.4 Å². The maximum Gasteiger partial charge on any atom is 0.221 e. The number of anilines is 1. The molecule has 5 atom stereocenters. The summed E-state index contributed by atoms with van der Waals surface area (Å²) in [5, 5.41) is 21.6. The van der Waals surface area contributed by atoms with Gasteiger partial charge in [0, 0.05) is 31.6 Å². The van der Waals surface area contributed by atoms with Crippen molar-refractivity contribution in [1.29, 1.82) is 0 Å². The zero-order chi connectivity index (χ0) is 23.0. The van der Waals surface area contributed by atoms with Crippen LogP contribution in [-0.2, 0) is 11.3 Å². The van der Waals surface area contributed by atoms with Crippen LogP contribution >= 0.6 is 11.8 Å². The Bertz CT molecular complexity index is 999. The molecule has 4 N–H and O–H groups in total. The normalized spacial score (nSPS) is 28.6. The molecule has 2 aliphatic rings. The van der Waals surface area contributed by atoms with Gasteiger partial charge in [0.15, 0.2) is 5.17 Å². The molecule has 170 valence electrons. The summed E-state index contributed by atoms with van der Waals surface area (Å²) in [4.78, 5) is 20.8. The van der Waals surface area contributed by atoms with Crippen molar-refractivity contribution in [3.8, 4) is 0 Å². The lowest BCUT2D eigenvalue weighted by Crippen LogP contribution is -2.58. The summed E-state index contributed by atoms with van der Waals surface area (Å²) in [7, 11) is 3.92. The zero-order valence-electron chi connectivity index (χ0n) is 17.9. The molecular formula is C23H27FN4O3S. The summed E-state index contributed by atoms with van der Waals surface area (Å²) in [6.45, 7) is 0.346. The standard InChI is InChI=1S/C23H27FN4O3S/c1-27(2)16-9-7-15(8-10-16)26-23-28(12-13-3-5-14(24)6-4-13)19-20(30)18(29)11-17(22(25)31)21(19)32-23/h3-10,17-21,29-30H,11-12H2,1-2H3,(H2,25,31)/t17-,18+,19-,20-,21+/m0/s1. The molecule has 1 aliphatic carbocycles. The number of amides is 1. The number of aliphatic hydroxyl groups is 2. The van der Waals surface area contributed by atoms with E-state index in [1.807, 2.05) is 48.2 Å². The second kappa shape index (κ2) is 9.09. The minimum Gasteiger partial charge on any atom is -0.390 e. The van der Waals surface area contributed by atoms with Crippen molar-refractivity contribution < 1.29 is 19.4 Å². The molecule has 1 saturated heterocycles. The molecule has 32 heavy (non-hydrogen) atoms. The van der Waals surface area contributed by atoms with Gasteiger partial charge in [-0.2, -0.15) is 0 Å². The number of hydrogen-bond donors (Lipinski definition) is 3. The predicted octanol–water partition coefficient (Wildman–Crippen LogP) is 2.09. The highest BCUT2D eigenvalue weighted by atomic mass is 32.2. The quantitative estimate of drug-likeness (QED) is 0.634. The lowest BCUT2D eigenvalue weighted by Gasteiger charge is -2.41. The number of amidine groups is 1. The van der Waals surface area contributed by atoms with E-state index >= 15 is 0 Å². The van der Waals surface area contributed by atoms with Gasteiger partial charge in [0.25, 0.3) is 0 Å². The first-order valence-electron chi connectivity index (χ1n) is 10.4. The minimum absolute atomic E-state index is 0.111. The lowest BCUT2D eigenvalue weighted by molar-refractivity contribution is -0.128. The summed E-state index contributed by atoms with van der Waals surface area (Å²) in [6.07, 6.45) is -2.02. The summed E-state index contributed by atoms with van der Waals surface area (Å²) >= 11 is 1.39. The van der Waals surface area contributed by atoms with Crippen LogP contribution in [-0.4, -0.2) is 63.8 Å². The third-order valence-corrected chi connectivity index (χ3v) is 7.46. The van der Waals surface area contributed by atoms with Crippen LogP contribution in [0.25, 0.3) is 0 Å². The van der Waals surface area contributed by atoms with E-state index < -0.39 is 30.1 Å². The second-order valence-electron chi connectivity index (χ2n) is 8.44. The maximum absolute atomic E-state index is 13.4. The van der Waals surface area contributed by atoms with Gasteiger partial charge in [0.2, 0.25) is 5.91 Å². The van der Waals surface area contributed by atoms with Crippen molar-refractivity contribution >= 4 is 34.2 Å². The first-order chi connectivity index (χ1) is 15.2. The van der Waals surface area contributed by atoms with Gasteiger partial charge in [0.05, 0.1) is 23.8 Å². The Hall–Kier alpha value is -2.62. The Morgan fingerprint density at radius 2 is 1.84 bits per heavy atom. The Morgan fingerprint density at radius 3 is 2.44 bits per heavy atom. The molecule has 0 bridgehead atoms. The Labute approximate surface area is 190 Å². The Morgan fingerprint density at radius 1 is 1.19 bits per heavy atom. The molecule has 9 heteroatoms. The van der Waals surface area contributed by atoms with E-state index in [0.29, 0.717) is 11.7 Å². The number of nitrogens with zero attached hydrogens (tertiary/aromatic N) is 3. The fraction of sp³-hybridized carbons (Fsp3) is 0.391. The number of hydrogen-bond acceptors (Lipinski definition) is 6.